The molecule has 2 saturated heterocycles. The first-order valence-electron chi connectivity index (χ1n) is 5.97. The molecule has 0 saturated carbocycles. The second-order valence-electron chi connectivity index (χ2n) is 4.54. The highest BCUT2D eigenvalue weighted by Crippen LogP contribution is 2.31. The second kappa shape index (κ2) is 4.78. The Morgan fingerprint density at radius 1 is 1.31 bits per heavy atom. The van der Waals surface area contributed by atoms with Gasteiger partial charge in [0.2, 0.25) is 0 Å². The predicted octanol–water partition coefficient (Wildman–Crippen LogP) is 2.70. The number of fused-ring (bicyclic) bond motifs is 2. The number of hydrogen-bond acceptors (Lipinski definition) is 3. The fourth-order valence-corrected chi connectivity index (χ4v) is 3.53. The van der Waals surface area contributed by atoms with Crippen molar-refractivity contribution in [2.24, 2.45) is 0 Å². The third-order valence-corrected chi connectivity index (χ3v) is 4.44. The van der Waals surface area contributed by atoms with E-state index in [1.54, 1.807) is 0 Å². The number of thioether (sulfide) groups is 1. The largest absolute Gasteiger partial charge is 0.294 e. The summed E-state index contributed by atoms with van der Waals surface area (Å²) in [5.74, 6) is 2.46. The first kappa shape index (κ1) is 10.6. The van der Waals surface area contributed by atoms with Crippen LogP contribution in [-0.2, 0) is 11.4 Å². The maximum absolute atomic E-state index is 5.98. The van der Waals surface area contributed by atoms with E-state index in [1.807, 2.05) is 11.8 Å². The molecule has 0 radical (unpaired) electrons. The van der Waals surface area contributed by atoms with Crippen molar-refractivity contribution in [3.05, 3.63) is 35.9 Å². The highest BCUT2D eigenvalue weighted by molar-refractivity contribution is 7.99. The van der Waals surface area contributed by atoms with E-state index in [1.165, 1.54) is 29.9 Å². The summed E-state index contributed by atoms with van der Waals surface area (Å²) in [5, 5.41) is 2.21. The van der Waals surface area contributed by atoms with E-state index in [0.717, 1.165) is 6.54 Å². The minimum atomic E-state index is 0.459. The van der Waals surface area contributed by atoms with Crippen molar-refractivity contribution < 1.29 is 4.84 Å². The molecule has 0 spiro atoms. The Hall–Kier alpha value is -0.510. The summed E-state index contributed by atoms with van der Waals surface area (Å²) >= 11 is 2.04. The van der Waals surface area contributed by atoms with Gasteiger partial charge in [-0.05, 0) is 24.2 Å². The van der Waals surface area contributed by atoms with Gasteiger partial charge in [0.05, 0.1) is 6.10 Å². The number of rotatable bonds is 2. The van der Waals surface area contributed by atoms with Crippen LogP contribution in [0.3, 0.4) is 0 Å². The van der Waals surface area contributed by atoms with E-state index in [9.17, 15) is 0 Å². The minimum Gasteiger partial charge on any atom is -0.294 e. The second-order valence-corrected chi connectivity index (χ2v) is 5.69. The molecule has 2 bridgehead atoms. The maximum atomic E-state index is 5.98. The monoisotopic (exact) mass is 235 g/mol. The summed E-state index contributed by atoms with van der Waals surface area (Å²) in [7, 11) is 0. The van der Waals surface area contributed by atoms with Gasteiger partial charge in [-0.3, -0.25) is 4.84 Å². The summed E-state index contributed by atoms with van der Waals surface area (Å²) in [6, 6.07) is 11.2. The normalized spacial score (nSPS) is 30.2. The summed E-state index contributed by atoms with van der Waals surface area (Å²) in [5.41, 5.74) is 1.35. The molecule has 3 heteroatoms. The van der Waals surface area contributed by atoms with Gasteiger partial charge in [0.1, 0.15) is 0 Å². The van der Waals surface area contributed by atoms with Crippen molar-refractivity contribution >= 4 is 11.8 Å². The molecule has 0 aromatic heterocycles. The first-order valence-corrected chi connectivity index (χ1v) is 7.12. The summed E-state index contributed by atoms with van der Waals surface area (Å²) in [6.07, 6.45) is 2.95. The van der Waals surface area contributed by atoms with Crippen LogP contribution < -0.4 is 0 Å². The molecule has 16 heavy (non-hydrogen) atoms. The molecular formula is C13H17NOS. The summed E-state index contributed by atoms with van der Waals surface area (Å²) < 4.78 is 0. The van der Waals surface area contributed by atoms with Gasteiger partial charge in [-0.25, -0.2) is 0 Å². The van der Waals surface area contributed by atoms with Crippen LogP contribution >= 0.6 is 11.8 Å². The zero-order valence-corrected chi connectivity index (χ0v) is 10.2. The van der Waals surface area contributed by atoms with E-state index >= 15 is 0 Å². The SMILES string of the molecule is c1ccc(CN2O[C@H]3CSCC[C@@H]2C3)cc1. The van der Waals surface area contributed by atoms with Crippen LogP contribution in [0.1, 0.15) is 18.4 Å². The quantitative estimate of drug-likeness (QED) is 0.782. The number of hydrogen-bond donors (Lipinski definition) is 0. The number of nitrogens with zero attached hydrogens (tertiary/aromatic N) is 1. The number of hydroxylamine groups is 2. The molecule has 2 fully saturated rings. The molecule has 86 valence electrons. The molecule has 2 aliphatic heterocycles. The fourth-order valence-electron chi connectivity index (χ4n) is 2.47. The first-order chi connectivity index (χ1) is 7.92. The van der Waals surface area contributed by atoms with Crippen molar-refractivity contribution in [3.8, 4) is 0 Å². The third-order valence-electron chi connectivity index (χ3n) is 3.31. The minimum absolute atomic E-state index is 0.459. The van der Waals surface area contributed by atoms with Gasteiger partial charge in [-0.2, -0.15) is 16.8 Å². The zero-order valence-electron chi connectivity index (χ0n) is 9.34. The van der Waals surface area contributed by atoms with Crippen molar-refractivity contribution in [1.82, 2.24) is 5.06 Å². The molecule has 2 nitrogen and oxygen atoms in total. The van der Waals surface area contributed by atoms with Gasteiger partial charge < -0.3 is 0 Å². The van der Waals surface area contributed by atoms with E-state index < -0.39 is 0 Å². The lowest BCUT2D eigenvalue weighted by atomic mass is 10.1. The molecule has 3 rings (SSSR count). The van der Waals surface area contributed by atoms with Crippen LogP contribution in [0, 0.1) is 0 Å². The topological polar surface area (TPSA) is 12.5 Å². The predicted molar refractivity (Wildman–Crippen MR) is 67.2 cm³/mol. The Bertz CT molecular complexity index is 343. The Kier molecular flexibility index (Phi) is 3.18. The average Bonchev–Trinajstić information content (AvgIpc) is 2.53. The number of benzene rings is 1. The molecule has 1 aromatic rings. The van der Waals surface area contributed by atoms with Gasteiger partial charge in [0.25, 0.3) is 0 Å². The molecule has 0 aliphatic carbocycles. The molecule has 2 aliphatic rings. The molecule has 0 unspecified atom stereocenters. The van der Waals surface area contributed by atoms with Crippen molar-refractivity contribution in [3.63, 3.8) is 0 Å². The average molecular weight is 235 g/mol. The van der Waals surface area contributed by atoms with Crippen LogP contribution in [0.5, 0.6) is 0 Å². The van der Waals surface area contributed by atoms with Crippen LogP contribution in [0.25, 0.3) is 0 Å². The highest BCUT2D eigenvalue weighted by atomic mass is 32.2. The van der Waals surface area contributed by atoms with Gasteiger partial charge in [-0.15, -0.1) is 0 Å². The van der Waals surface area contributed by atoms with Crippen molar-refractivity contribution in [2.75, 3.05) is 11.5 Å². The Balaban J connectivity index is 1.68. The van der Waals surface area contributed by atoms with Crippen molar-refractivity contribution in [2.45, 2.75) is 31.5 Å². The Labute approximate surface area is 101 Å². The van der Waals surface area contributed by atoms with E-state index in [-0.39, 0.29) is 0 Å². The Morgan fingerprint density at radius 2 is 2.19 bits per heavy atom. The molecule has 0 N–H and O–H groups in total. The molecule has 0 amide bonds. The van der Waals surface area contributed by atoms with Gasteiger partial charge in [0, 0.05) is 18.3 Å². The third kappa shape index (κ3) is 2.26. The van der Waals surface area contributed by atoms with E-state index in [0.29, 0.717) is 12.1 Å². The van der Waals surface area contributed by atoms with Crippen LogP contribution in [0.4, 0.5) is 0 Å². The smallest absolute Gasteiger partial charge is 0.0899 e. The standard InChI is InChI=1S/C13H17NOS/c1-2-4-11(5-3-1)9-14-12-6-7-16-10-13(8-12)15-14/h1-5,12-13H,6-10H2/t12-,13-/m1/s1. The van der Waals surface area contributed by atoms with Crippen LogP contribution in [-0.4, -0.2) is 28.7 Å². The van der Waals surface area contributed by atoms with E-state index in [2.05, 4.69) is 35.4 Å². The molecular weight excluding hydrogens is 218 g/mol. The molecule has 2 heterocycles. The lowest BCUT2D eigenvalue weighted by Gasteiger charge is -2.24. The Morgan fingerprint density at radius 3 is 3.06 bits per heavy atom. The zero-order chi connectivity index (χ0) is 10.8. The molecule has 2 atom stereocenters. The van der Waals surface area contributed by atoms with Crippen LogP contribution in [0.15, 0.2) is 30.3 Å². The van der Waals surface area contributed by atoms with E-state index in [4.69, 9.17) is 4.84 Å². The van der Waals surface area contributed by atoms with Gasteiger partial charge in [-0.1, -0.05) is 30.3 Å². The molecule has 1 aromatic carbocycles. The lowest BCUT2D eigenvalue weighted by molar-refractivity contribution is -0.164. The van der Waals surface area contributed by atoms with Crippen LogP contribution in [0.2, 0.25) is 0 Å². The van der Waals surface area contributed by atoms with Crippen molar-refractivity contribution in [1.29, 1.82) is 0 Å². The lowest BCUT2D eigenvalue weighted by Crippen LogP contribution is -2.29. The summed E-state index contributed by atoms with van der Waals surface area (Å²) in [6.45, 7) is 0.937. The van der Waals surface area contributed by atoms with Gasteiger partial charge in [0.15, 0.2) is 0 Å². The van der Waals surface area contributed by atoms with Gasteiger partial charge >= 0.3 is 0 Å². The maximum Gasteiger partial charge on any atom is 0.0899 e. The summed E-state index contributed by atoms with van der Waals surface area (Å²) in [4.78, 5) is 5.98. The fraction of sp³-hybridized carbons (Fsp3) is 0.538. The highest BCUT2D eigenvalue weighted by Gasteiger charge is 2.34.